The molecule has 1 aromatic carbocycles. The Morgan fingerprint density at radius 3 is 2.83 bits per heavy atom. The maximum absolute atomic E-state index is 11.5. The van der Waals surface area contributed by atoms with Gasteiger partial charge in [0.1, 0.15) is 5.75 Å². The maximum atomic E-state index is 11.5. The highest BCUT2D eigenvalue weighted by atomic mass is 35.5. The maximum Gasteiger partial charge on any atom is 0.152 e. The van der Waals surface area contributed by atoms with Gasteiger partial charge in [-0.15, -0.1) is 0 Å². The Labute approximate surface area is 112 Å². The molecule has 0 spiro atoms. The van der Waals surface area contributed by atoms with Gasteiger partial charge in [-0.1, -0.05) is 23.7 Å². The van der Waals surface area contributed by atoms with E-state index in [0.717, 1.165) is 0 Å². The predicted octanol–water partition coefficient (Wildman–Crippen LogP) is 1.71. The Balaban J connectivity index is 2.06. The number of rotatable bonds is 3. The summed E-state index contributed by atoms with van der Waals surface area (Å²) in [6, 6.07) is 5.13. The zero-order valence-corrected chi connectivity index (χ0v) is 11.7. The molecule has 4 nitrogen and oxygen atoms in total. The van der Waals surface area contributed by atoms with Gasteiger partial charge in [-0.2, -0.15) is 0 Å². The molecule has 1 aliphatic heterocycles. The number of benzene rings is 1. The third kappa shape index (κ3) is 2.96. The van der Waals surface area contributed by atoms with Crippen LogP contribution < -0.4 is 5.32 Å². The summed E-state index contributed by atoms with van der Waals surface area (Å²) in [4.78, 5) is 0. The fourth-order valence-electron chi connectivity index (χ4n) is 2.16. The molecule has 0 radical (unpaired) electrons. The largest absolute Gasteiger partial charge is 0.506 e. The van der Waals surface area contributed by atoms with E-state index in [1.807, 2.05) is 6.92 Å². The van der Waals surface area contributed by atoms with Gasteiger partial charge < -0.3 is 10.4 Å². The van der Waals surface area contributed by atoms with Gasteiger partial charge >= 0.3 is 0 Å². The van der Waals surface area contributed by atoms with Gasteiger partial charge in [0.2, 0.25) is 0 Å². The number of aromatic hydroxyl groups is 1. The van der Waals surface area contributed by atoms with Gasteiger partial charge in [0, 0.05) is 17.6 Å². The summed E-state index contributed by atoms with van der Waals surface area (Å²) in [5.41, 5.74) is 0.251. The topological polar surface area (TPSA) is 66.4 Å². The van der Waals surface area contributed by atoms with Crippen molar-refractivity contribution in [2.45, 2.75) is 25.4 Å². The normalized spacial score (nSPS) is 26.3. The Morgan fingerprint density at radius 1 is 1.50 bits per heavy atom. The van der Waals surface area contributed by atoms with Crippen molar-refractivity contribution < 1.29 is 13.5 Å². The Hall–Kier alpha value is -0.780. The average Bonchev–Trinajstić information content (AvgIpc) is 2.56. The van der Waals surface area contributed by atoms with Crippen molar-refractivity contribution >= 4 is 21.4 Å². The van der Waals surface area contributed by atoms with Crippen molar-refractivity contribution in [1.82, 2.24) is 5.32 Å². The second-order valence-corrected chi connectivity index (χ2v) is 7.60. The van der Waals surface area contributed by atoms with E-state index in [1.165, 1.54) is 0 Å². The molecule has 0 amide bonds. The zero-order chi connectivity index (χ0) is 13.4. The summed E-state index contributed by atoms with van der Waals surface area (Å²) in [7, 11) is -2.93. The second kappa shape index (κ2) is 4.72. The fourth-order valence-corrected chi connectivity index (χ4v) is 4.48. The molecule has 0 bridgehead atoms. The molecule has 1 aliphatic rings. The molecule has 1 atom stereocenters. The standard InChI is InChI=1S/C12H16ClNO3S/c1-12(5-6-18(16,17)8-12)14-7-9-3-2-4-10(13)11(9)15/h2-4,14-15H,5-8H2,1H3. The molecule has 0 aliphatic carbocycles. The Bertz CT molecular complexity index is 558. The number of nitrogens with one attached hydrogen (secondary N) is 1. The van der Waals surface area contributed by atoms with Crippen LogP contribution >= 0.6 is 11.6 Å². The highest BCUT2D eigenvalue weighted by molar-refractivity contribution is 7.91. The molecule has 1 heterocycles. The summed E-state index contributed by atoms with van der Waals surface area (Å²) in [5.74, 6) is 0.412. The van der Waals surface area contributed by atoms with Crippen molar-refractivity contribution in [3.8, 4) is 5.75 Å². The molecular weight excluding hydrogens is 274 g/mol. The molecule has 18 heavy (non-hydrogen) atoms. The monoisotopic (exact) mass is 289 g/mol. The summed E-state index contributed by atoms with van der Waals surface area (Å²) < 4.78 is 22.9. The molecule has 1 saturated heterocycles. The van der Waals surface area contributed by atoms with E-state index in [2.05, 4.69) is 5.32 Å². The van der Waals surface area contributed by atoms with Crippen LogP contribution in [0.15, 0.2) is 18.2 Å². The van der Waals surface area contributed by atoms with E-state index in [-0.39, 0.29) is 17.3 Å². The molecule has 0 aromatic heterocycles. The molecule has 2 N–H and O–H groups in total. The van der Waals surface area contributed by atoms with Gasteiger partial charge in [-0.3, -0.25) is 0 Å². The van der Waals surface area contributed by atoms with Crippen molar-refractivity contribution in [1.29, 1.82) is 0 Å². The molecule has 1 unspecified atom stereocenters. The number of phenolic OH excluding ortho intramolecular Hbond substituents is 1. The lowest BCUT2D eigenvalue weighted by Crippen LogP contribution is -2.42. The van der Waals surface area contributed by atoms with Crippen LogP contribution in [0.25, 0.3) is 0 Å². The molecule has 2 rings (SSSR count). The number of sulfone groups is 1. The lowest BCUT2D eigenvalue weighted by Gasteiger charge is -2.24. The first kappa shape index (κ1) is 13.6. The molecule has 0 saturated carbocycles. The fraction of sp³-hybridized carbons (Fsp3) is 0.500. The van der Waals surface area contributed by atoms with Gasteiger partial charge in [0.05, 0.1) is 16.5 Å². The van der Waals surface area contributed by atoms with Crippen LogP contribution in [0.3, 0.4) is 0 Å². The van der Waals surface area contributed by atoms with E-state index in [0.29, 0.717) is 23.6 Å². The molecule has 1 aromatic rings. The first-order valence-electron chi connectivity index (χ1n) is 5.73. The third-order valence-electron chi connectivity index (χ3n) is 3.28. The Kier molecular flexibility index (Phi) is 3.58. The number of hydrogen-bond acceptors (Lipinski definition) is 4. The third-order valence-corrected chi connectivity index (χ3v) is 5.49. The van der Waals surface area contributed by atoms with E-state index in [9.17, 15) is 13.5 Å². The Morgan fingerprint density at radius 2 is 2.22 bits per heavy atom. The van der Waals surface area contributed by atoms with E-state index < -0.39 is 15.4 Å². The van der Waals surface area contributed by atoms with Crippen LogP contribution in [0.1, 0.15) is 18.9 Å². The lowest BCUT2D eigenvalue weighted by atomic mass is 10.0. The molecule has 100 valence electrons. The highest BCUT2D eigenvalue weighted by Crippen LogP contribution is 2.28. The summed E-state index contributed by atoms with van der Waals surface area (Å²) >= 11 is 5.82. The van der Waals surface area contributed by atoms with Crippen molar-refractivity contribution in [3.63, 3.8) is 0 Å². The van der Waals surface area contributed by atoms with Gasteiger partial charge in [-0.25, -0.2) is 8.42 Å². The van der Waals surface area contributed by atoms with Crippen molar-refractivity contribution in [2.75, 3.05) is 11.5 Å². The van der Waals surface area contributed by atoms with E-state index in [4.69, 9.17) is 11.6 Å². The average molecular weight is 290 g/mol. The minimum atomic E-state index is -2.93. The van der Waals surface area contributed by atoms with Crippen LogP contribution in [0.2, 0.25) is 5.02 Å². The minimum absolute atomic E-state index is 0.0520. The molecule has 1 fully saturated rings. The van der Waals surface area contributed by atoms with Gasteiger partial charge in [0.15, 0.2) is 9.84 Å². The van der Waals surface area contributed by atoms with Crippen LogP contribution in [0.4, 0.5) is 0 Å². The van der Waals surface area contributed by atoms with Crippen LogP contribution in [-0.4, -0.2) is 30.6 Å². The predicted molar refractivity (Wildman–Crippen MR) is 71.6 cm³/mol. The first-order valence-corrected chi connectivity index (χ1v) is 7.93. The number of para-hydroxylation sites is 1. The zero-order valence-electron chi connectivity index (χ0n) is 10.1. The number of hydrogen-bond donors (Lipinski definition) is 2. The molecular formula is C12H16ClNO3S. The SMILES string of the molecule is CC1(NCc2cccc(Cl)c2O)CCS(=O)(=O)C1. The number of phenols is 1. The highest BCUT2D eigenvalue weighted by Gasteiger charge is 2.37. The smallest absolute Gasteiger partial charge is 0.152 e. The van der Waals surface area contributed by atoms with Crippen molar-refractivity contribution in [2.24, 2.45) is 0 Å². The second-order valence-electron chi connectivity index (χ2n) is 5.00. The summed E-state index contributed by atoms with van der Waals surface area (Å²) in [6.45, 7) is 2.29. The summed E-state index contributed by atoms with van der Waals surface area (Å²) in [6.07, 6.45) is 0.594. The lowest BCUT2D eigenvalue weighted by molar-refractivity contribution is 0.388. The summed E-state index contributed by atoms with van der Waals surface area (Å²) in [5, 5.41) is 13.3. The van der Waals surface area contributed by atoms with Gasteiger partial charge in [0.25, 0.3) is 0 Å². The van der Waals surface area contributed by atoms with Gasteiger partial charge in [-0.05, 0) is 19.4 Å². The van der Waals surface area contributed by atoms with E-state index >= 15 is 0 Å². The first-order chi connectivity index (χ1) is 8.31. The van der Waals surface area contributed by atoms with E-state index in [1.54, 1.807) is 18.2 Å². The minimum Gasteiger partial charge on any atom is -0.506 e. The van der Waals surface area contributed by atoms with Crippen LogP contribution in [0.5, 0.6) is 5.75 Å². The van der Waals surface area contributed by atoms with Crippen LogP contribution in [0, 0.1) is 0 Å². The van der Waals surface area contributed by atoms with Crippen LogP contribution in [-0.2, 0) is 16.4 Å². The molecule has 6 heteroatoms. The number of halogens is 1. The quantitative estimate of drug-likeness (QED) is 0.889. The van der Waals surface area contributed by atoms with Crippen molar-refractivity contribution in [3.05, 3.63) is 28.8 Å².